The quantitative estimate of drug-likeness (QED) is 0.795. The van der Waals surface area contributed by atoms with E-state index in [-0.39, 0.29) is 5.69 Å². The summed E-state index contributed by atoms with van der Waals surface area (Å²) in [6, 6.07) is 6.96. The fourth-order valence-corrected chi connectivity index (χ4v) is 1.33. The van der Waals surface area contributed by atoms with Gasteiger partial charge in [0.05, 0.1) is 11.4 Å². The van der Waals surface area contributed by atoms with E-state index in [1.54, 1.807) is 19.3 Å². The first-order chi connectivity index (χ1) is 7.18. The molecule has 76 valence electrons. The van der Waals surface area contributed by atoms with Gasteiger partial charge in [0.1, 0.15) is 0 Å². The molecule has 5 nitrogen and oxygen atoms in total. The van der Waals surface area contributed by atoms with Crippen LogP contribution in [0.2, 0.25) is 0 Å². The lowest BCUT2D eigenvalue weighted by Gasteiger charge is -1.98. The normalized spacial score (nSPS) is 10.2. The van der Waals surface area contributed by atoms with Crippen LogP contribution in [-0.4, -0.2) is 25.8 Å². The molecule has 0 aliphatic heterocycles. The zero-order valence-electron chi connectivity index (χ0n) is 8.08. The van der Waals surface area contributed by atoms with E-state index in [2.05, 4.69) is 10.1 Å². The molecule has 0 atom stereocenters. The number of carboxylic acid groups (broad SMARTS) is 1. The average molecular weight is 203 g/mol. The average Bonchev–Trinajstić information content (AvgIpc) is 2.62. The topological polar surface area (TPSA) is 68.0 Å². The van der Waals surface area contributed by atoms with Crippen LogP contribution < -0.4 is 0 Å². The summed E-state index contributed by atoms with van der Waals surface area (Å²) in [5.41, 5.74) is 1.42. The van der Waals surface area contributed by atoms with Crippen LogP contribution in [0.5, 0.6) is 0 Å². The van der Waals surface area contributed by atoms with E-state index < -0.39 is 5.97 Å². The van der Waals surface area contributed by atoms with Crippen LogP contribution in [-0.2, 0) is 7.05 Å². The predicted octanol–water partition coefficient (Wildman–Crippen LogP) is 1.18. The standard InChI is InChI=1S/C10H9N3O2/c1-13-9(6-8(12-13)10(14)15)7-4-2-3-5-11-7/h2-6H,1H3,(H,14,15). The van der Waals surface area contributed by atoms with Gasteiger partial charge >= 0.3 is 5.97 Å². The van der Waals surface area contributed by atoms with Gasteiger partial charge in [-0.25, -0.2) is 4.79 Å². The highest BCUT2D eigenvalue weighted by molar-refractivity contribution is 5.86. The minimum absolute atomic E-state index is 0.0261. The monoisotopic (exact) mass is 203 g/mol. The van der Waals surface area contributed by atoms with Crippen LogP contribution in [0.25, 0.3) is 11.4 Å². The maximum absolute atomic E-state index is 10.7. The van der Waals surface area contributed by atoms with Gasteiger partial charge in [-0.1, -0.05) is 6.07 Å². The summed E-state index contributed by atoms with van der Waals surface area (Å²) in [5.74, 6) is -1.03. The van der Waals surface area contributed by atoms with E-state index in [1.165, 1.54) is 10.7 Å². The van der Waals surface area contributed by atoms with Crippen molar-refractivity contribution in [1.29, 1.82) is 0 Å². The lowest BCUT2D eigenvalue weighted by molar-refractivity contribution is 0.0689. The fourth-order valence-electron chi connectivity index (χ4n) is 1.33. The summed E-state index contributed by atoms with van der Waals surface area (Å²) in [7, 11) is 1.69. The van der Waals surface area contributed by atoms with E-state index in [4.69, 9.17) is 5.11 Å². The molecule has 0 amide bonds. The first kappa shape index (κ1) is 9.39. The van der Waals surface area contributed by atoms with E-state index >= 15 is 0 Å². The van der Waals surface area contributed by atoms with Crippen molar-refractivity contribution in [2.75, 3.05) is 0 Å². The second-order valence-corrected chi connectivity index (χ2v) is 3.06. The smallest absolute Gasteiger partial charge is 0.356 e. The first-order valence-electron chi connectivity index (χ1n) is 4.37. The Labute approximate surface area is 86.0 Å². The summed E-state index contributed by atoms with van der Waals surface area (Å²) in [4.78, 5) is 14.8. The molecule has 0 aliphatic rings. The number of carboxylic acids is 1. The van der Waals surface area contributed by atoms with Gasteiger partial charge in [-0.05, 0) is 12.1 Å². The summed E-state index contributed by atoms with van der Waals surface area (Å²) < 4.78 is 1.51. The first-order valence-corrected chi connectivity index (χ1v) is 4.37. The van der Waals surface area contributed by atoms with Gasteiger partial charge in [0.15, 0.2) is 5.69 Å². The number of hydrogen-bond acceptors (Lipinski definition) is 3. The number of nitrogens with zero attached hydrogens (tertiary/aromatic N) is 3. The van der Waals surface area contributed by atoms with Crippen molar-refractivity contribution in [2.45, 2.75) is 0 Å². The molecular weight excluding hydrogens is 194 g/mol. The maximum Gasteiger partial charge on any atom is 0.356 e. The number of rotatable bonds is 2. The van der Waals surface area contributed by atoms with E-state index in [0.29, 0.717) is 11.4 Å². The van der Waals surface area contributed by atoms with Crippen molar-refractivity contribution in [3.05, 3.63) is 36.2 Å². The third-order valence-corrected chi connectivity index (χ3v) is 2.03. The van der Waals surface area contributed by atoms with Gasteiger partial charge < -0.3 is 5.11 Å². The molecule has 15 heavy (non-hydrogen) atoms. The minimum atomic E-state index is -1.03. The number of hydrogen-bond donors (Lipinski definition) is 1. The number of aryl methyl sites for hydroxylation is 1. The lowest BCUT2D eigenvalue weighted by Crippen LogP contribution is -1.99. The van der Waals surface area contributed by atoms with Gasteiger partial charge in [0, 0.05) is 19.3 Å². The van der Waals surface area contributed by atoms with Crippen LogP contribution >= 0.6 is 0 Å². The van der Waals surface area contributed by atoms with Gasteiger partial charge in [0.2, 0.25) is 0 Å². The second kappa shape index (κ2) is 3.53. The molecule has 0 saturated carbocycles. The van der Waals surface area contributed by atoms with Gasteiger partial charge in [-0.3, -0.25) is 9.67 Å². The summed E-state index contributed by atoms with van der Waals surface area (Å²) >= 11 is 0. The second-order valence-electron chi connectivity index (χ2n) is 3.06. The summed E-state index contributed by atoms with van der Waals surface area (Å²) in [5, 5.41) is 12.6. The molecule has 1 N–H and O–H groups in total. The largest absolute Gasteiger partial charge is 0.476 e. The van der Waals surface area contributed by atoms with Crippen LogP contribution in [0.3, 0.4) is 0 Å². The van der Waals surface area contributed by atoms with Crippen molar-refractivity contribution in [3.8, 4) is 11.4 Å². The SMILES string of the molecule is Cn1nc(C(=O)O)cc1-c1ccccn1. The van der Waals surface area contributed by atoms with Gasteiger partial charge in [0.25, 0.3) is 0 Å². The molecule has 0 saturated heterocycles. The van der Waals surface area contributed by atoms with Gasteiger partial charge in [-0.15, -0.1) is 0 Å². The van der Waals surface area contributed by atoms with E-state index in [1.807, 2.05) is 12.1 Å². The number of aromatic nitrogens is 3. The number of carbonyl (C=O) groups is 1. The predicted molar refractivity (Wildman–Crippen MR) is 53.4 cm³/mol. The van der Waals surface area contributed by atoms with E-state index in [0.717, 1.165) is 0 Å². The highest BCUT2D eigenvalue weighted by Crippen LogP contribution is 2.16. The Hall–Kier alpha value is -2.17. The molecule has 5 heteroatoms. The Kier molecular flexibility index (Phi) is 2.21. The molecule has 0 aliphatic carbocycles. The van der Waals surface area contributed by atoms with Crippen molar-refractivity contribution in [2.24, 2.45) is 7.05 Å². The minimum Gasteiger partial charge on any atom is -0.476 e. The maximum atomic E-state index is 10.7. The lowest BCUT2D eigenvalue weighted by atomic mass is 10.2. The van der Waals surface area contributed by atoms with Crippen LogP contribution in [0.15, 0.2) is 30.5 Å². The van der Waals surface area contributed by atoms with Crippen molar-refractivity contribution < 1.29 is 9.90 Å². The van der Waals surface area contributed by atoms with Crippen molar-refractivity contribution in [1.82, 2.24) is 14.8 Å². The highest BCUT2D eigenvalue weighted by Gasteiger charge is 2.12. The summed E-state index contributed by atoms with van der Waals surface area (Å²) in [6.45, 7) is 0. The molecule has 0 fully saturated rings. The van der Waals surface area contributed by atoms with Crippen LogP contribution in [0, 0.1) is 0 Å². The van der Waals surface area contributed by atoms with E-state index in [9.17, 15) is 4.79 Å². The van der Waals surface area contributed by atoms with Crippen molar-refractivity contribution in [3.63, 3.8) is 0 Å². The van der Waals surface area contributed by atoms with Crippen LogP contribution in [0.4, 0.5) is 0 Å². The number of pyridine rings is 1. The van der Waals surface area contributed by atoms with Crippen molar-refractivity contribution >= 4 is 5.97 Å². The molecule has 2 aromatic heterocycles. The Balaban J connectivity index is 2.50. The summed E-state index contributed by atoms with van der Waals surface area (Å²) in [6.07, 6.45) is 1.66. The Bertz CT molecular complexity index is 491. The number of aromatic carboxylic acids is 1. The molecule has 0 aromatic carbocycles. The molecule has 0 bridgehead atoms. The van der Waals surface area contributed by atoms with Gasteiger partial charge in [-0.2, -0.15) is 5.10 Å². The molecule has 0 unspecified atom stereocenters. The third kappa shape index (κ3) is 1.71. The Morgan fingerprint density at radius 3 is 2.80 bits per heavy atom. The third-order valence-electron chi connectivity index (χ3n) is 2.03. The highest BCUT2D eigenvalue weighted by atomic mass is 16.4. The molecule has 2 heterocycles. The van der Waals surface area contributed by atoms with Crippen LogP contribution in [0.1, 0.15) is 10.5 Å². The zero-order valence-corrected chi connectivity index (χ0v) is 8.08. The molecule has 2 rings (SSSR count). The Morgan fingerprint density at radius 1 is 1.47 bits per heavy atom. The molecule has 2 aromatic rings. The molecule has 0 radical (unpaired) electrons. The fraction of sp³-hybridized carbons (Fsp3) is 0.100. The Morgan fingerprint density at radius 2 is 2.27 bits per heavy atom. The molecular formula is C10H9N3O2. The molecule has 0 spiro atoms. The zero-order chi connectivity index (χ0) is 10.8.